The van der Waals surface area contributed by atoms with Crippen molar-refractivity contribution in [2.45, 2.75) is 38.9 Å². The molecule has 0 aromatic carbocycles. The minimum Gasteiger partial charge on any atom is -0.368 e. The smallest absolute Gasteiger partial charge is 0.368 e. The first-order chi connectivity index (χ1) is 16.7. The van der Waals surface area contributed by atoms with Gasteiger partial charge < -0.3 is 10.2 Å². The molecule has 0 bridgehead atoms. The molecule has 1 aliphatic carbocycles. The van der Waals surface area contributed by atoms with Gasteiger partial charge in [-0.25, -0.2) is 19.9 Å². The van der Waals surface area contributed by atoms with E-state index in [2.05, 4.69) is 25.3 Å². The Kier molecular flexibility index (Phi) is 5.90. The van der Waals surface area contributed by atoms with Crippen molar-refractivity contribution in [3.05, 3.63) is 65.4 Å². The molecule has 1 unspecified atom stereocenters. The zero-order valence-electron chi connectivity index (χ0n) is 19.4. The molecule has 10 heteroatoms. The molecule has 182 valence electrons. The van der Waals surface area contributed by atoms with Gasteiger partial charge in [0.2, 0.25) is 0 Å². The van der Waals surface area contributed by atoms with Gasteiger partial charge in [0.1, 0.15) is 11.5 Å². The highest BCUT2D eigenvalue weighted by atomic mass is 19.4. The Labute approximate surface area is 200 Å². The van der Waals surface area contributed by atoms with Gasteiger partial charge in [-0.1, -0.05) is 0 Å². The Morgan fingerprint density at radius 1 is 1.03 bits per heavy atom. The molecule has 3 atom stereocenters. The number of rotatable bonds is 5. The van der Waals surface area contributed by atoms with Crippen molar-refractivity contribution < 1.29 is 18.0 Å². The molecule has 3 aromatic heterocycles. The standard InChI is InChI=1S/C25H25F3N6O/c1-14-3-5-20(23-29-8-7-15(2)33-23)22(32-14)24(35)34-13-17-9-16(17)10-19(34)12-31-21-6-4-18(11-30-21)25(26,27)28/h3-8,11,16-17,19H,9-10,12-13H2,1-2H3,(H,30,31)/t16-,17+,19?/m1/s1. The Balaban J connectivity index is 1.38. The van der Waals surface area contributed by atoms with Crippen molar-refractivity contribution in [2.24, 2.45) is 11.8 Å². The molecule has 1 saturated carbocycles. The number of nitrogens with one attached hydrogen (secondary N) is 1. The van der Waals surface area contributed by atoms with Crippen LogP contribution in [0.1, 0.15) is 40.3 Å². The number of hydrogen-bond donors (Lipinski definition) is 1. The fourth-order valence-electron chi connectivity index (χ4n) is 4.65. The monoisotopic (exact) mass is 482 g/mol. The van der Waals surface area contributed by atoms with Crippen LogP contribution in [0.2, 0.25) is 0 Å². The van der Waals surface area contributed by atoms with Gasteiger partial charge in [0.15, 0.2) is 5.82 Å². The second-order valence-electron chi connectivity index (χ2n) is 9.28. The molecule has 1 amide bonds. The molecule has 2 fully saturated rings. The van der Waals surface area contributed by atoms with Crippen LogP contribution in [0.3, 0.4) is 0 Å². The van der Waals surface area contributed by atoms with Crippen LogP contribution in [0.4, 0.5) is 19.0 Å². The summed E-state index contributed by atoms with van der Waals surface area (Å²) in [5, 5.41) is 3.12. The molecule has 2 aliphatic rings. The van der Waals surface area contributed by atoms with Gasteiger partial charge in [0.25, 0.3) is 5.91 Å². The number of aromatic nitrogens is 4. The first-order valence-electron chi connectivity index (χ1n) is 11.5. The van der Waals surface area contributed by atoms with Gasteiger partial charge in [0.05, 0.1) is 11.1 Å². The topological polar surface area (TPSA) is 83.9 Å². The molecule has 1 N–H and O–H groups in total. The fourth-order valence-corrected chi connectivity index (χ4v) is 4.65. The molecule has 3 aromatic rings. The van der Waals surface area contributed by atoms with E-state index in [9.17, 15) is 18.0 Å². The average Bonchev–Trinajstić information content (AvgIpc) is 3.60. The van der Waals surface area contributed by atoms with Crippen LogP contribution in [0, 0.1) is 25.7 Å². The van der Waals surface area contributed by atoms with Crippen molar-refractivity contribution >= 4 is 11.7 Å². The zero-order valence-corrected chi connectivity index (χ0v) is 19.4. The highest BCUT2D eigenvalue weighted by Gasteiger charge is 2.47. The third-order valence-corrected chi connectivity index (χ3v) is 6.66. The number of fused-ring (bicyclic) bond motifs is 1. The Morgan fingerprint density at radius 3 is 2.54 bits per heavy atom. The number of likely N-dealkylation sites (tertiary alicyclic amines) is 1. The van der Waals surface area contributed by atoms with E-state index in [0.29, 0.717) is 47.8 Å². The van der Waals surface area contributed by atoms with Gasteiger partial charge in [-0.3, -0.25) is 4.79 Å². The molecule has 0 radical (unpaired) electrons. The van der Waals surface area contributed by atoms with Crippen molar-refractivity contribution in [3.8, 4) is 11.4 Å². The maximum absolute atomic E-state index is 13.8. The van der Waals surface area contributed by atoms with Gasteiger partial charge >= 0.3 is 6.18 Å². The zero-order chi connectivity index (χ0) is 24.7. The highest BCUT2D eigenvalue weighted by molar-refractivity contribution is 5.98. The molecule has 1 saturated heterocycles. The Bertz CT molecular complexity index is 1250. The predicted molar refractivity (Wildman–Crippen MR) is 124 cm³/mol. The lowest BCUT2D eigenvalue weighted by Crippen LogP contribution is -2.48. The van der Waals surface area contributed by atoms with E-state index in [4.69, 9.17) is 0 Å². The number of carbonyl (C=O) groups is 1. The summed E-state index contributed by atoms with van der Waals surface area (Å²) in [4.78, 5) is 32.9. The van der Waals surface area contributed by atoms with E-state index < -0.39 is 11.7 Å². The lowest BCUT2D eigenvalue weighted by Gasteiger charge is -2.36. The van der Waals surface area contributed by atoms with Crippen molar-refractivity contribution in [3.63, 3.8) is 0 Å². The number of amides is 1. The maximum atomic E-state index is 13.8. The van der Waals surface area contributed by atoms with Gasteiger partial charge in [0, 0.05) is 42.9 Å². The van der Waals surface area contributed by atoms with E-state index in [1.54, 1.807) is 12.3 Å². The predicted octanol–water partition coefficient (Wildman–Crippen LogP) is 4.53. The van der Waals surface area contributed by atoms with Crippen LogP contribution in [-0.2, 0) is 6.18 Å². The normalized spacial score (nSPS) is 21.4. The molecule has 5 rings (SSSR count). The number of alkyl halides is 3. The summed E-state index contributed by atoms with van der Waals surface area (Å²) < 4.78 is 38.5. The summed E-state index contributed by atoms with van der Waals surface area (Å²) >= 11 is 0. The van der Waals surface area contributed by atoms with Crippen molar-refractivity contribution in [2.75, 3.05) is 18.4 Å². The molecule has 7 nitrogen and oxygen atoms in total. The van der Waals surface area contributed by atoms with Crippen LogP contribution in [-0.4, -0.2) is 49.9 Å². The van der Waals surface area contributed by atoms with Crippen molar-refractivity contribution in [1.82, 2.24) is 24.8 Å². The Hall–Kier alpha value is -3.56. The fraction of sp³-hybridized carbons (Fsp3) is 0.400. The second-order valence-corrected chi connectivity index (χ2v) is 9.28. The molecular weight excluding hydrogens is 457 g/mol. The molecular formula is C25H25F3N6O. The first kappa shape index (κ1) is 23.2. The van der Waals surface area contributed by atoms with E-state index in [1.165, 1.54) is 6.07 Å². The van der Waals surface area contributed by atoms with E-state index in [1.807, 2.05) is 30.9 Å². The van der Waals surface area contributed by atoms with Crippen molar-refractivity contribution in [1.29, 1.82) is 0 Å². The average molecular weight is 483 g/mol. The number of nitrogens with zero attached hydrogens (tertiary/aromatic N) is 5. The van der Waals surface area contributed by atoms with Crippen LogP contribution in [0.25, 0.3) is 11.4 Å². The van der Waals surface area contributed by atoms with Crippen LogP contribution < -0.4 is 5.32 Å². The summed E-state index contributed by atoms with van der Waals surface area (Å²) in [7, 11) is 0. The minimum absolute atomic E-state index is 0.135. The van der Waals surface area contributed by atoms with Crippen LogP contribution in [0.5, 0.6) is 0 Å². The molecule has 35 heavy (non-hydrogen) atoms. The number of hydrogen-bond acceptors (Lipinski definition) is 6. The van der Waals surface area contributed by atoms with E-state index in [-0.39, 0.29) is 11.9 Å². The molecule has 0 spiro atoms. The summed E-state index contributed by atoms with van der Waals surface area (Å²) in [6.45, 7) is 4.71. The quantitative estimate of drug-likeness (QED) is 0.575. The summed E-state index contributed by atoms with van der Waals surface area (Å²) in [5.74, 6) is 1.64. The second kappa shape index (κ2) is 8.90. The minimum atomic E-state index is -4.43. The highest BCUT2D eigenvalue weighted by Crippen LogP contribution is 2.47. The third-order valence-electron chi connectivity index (χ3n) is 6.66. The Morgan fingerprint density at radius 2 is 1.83 bits per heavy atom. The summed E-state index contributed by atoms with van der Waals surface area (Å²) in [5.41, 5.74) is 1.61. The number of carbonyl (C=O) groups excluding carboxylic acids is 1. The van der Waals surface area contributed by atoms with E-state index in [0.717, 1.165) is 36.5 Å². The lowest BCUT2D eigenvalue weighted by molar-refractivity contribution is -0.137. The number of aryl methyl sites for hydroxylation is 2. The third kappa shape index (κ3) is 4.96. The van der Waals surface area contributed by atoms with Crippen LogP contribution in [0.15, 0.2) is 42.7 Å². The summed E-state index contributed by atoms with van der Waals surface area (Å²) in [6.07, 6.45) is -0.0578. The lowest BCUT2D eigenvalue weighted by atomic mass is 10.00. The van der Waals surface area contributed by atoms with Gasteiger partial charge in [-0.15, -0.1) is 0 Å². The van der Waals surface area contributed by atoms with Gasteiger partial charge in [-0.2, -0.15) is 13.2 Å². The number of pyridine rings is 2. The number of halogens is 3. The van der Waals surface area contributed by atoms with Crippen LogP contribution >= 0.6 is 0 Å². The number of anilines is 1. The summed E-state index contributed by atoms with van der Waals surface area (Å²) in [6, 6.07) is 7.63. The molecule has 4 heterocycles. The molecule has 1 aliphatic heterocycles. The van der Waals surface area contributed by atoms with Gasteiger partial charge in [-0.05, 0) is 68.9 Å². The van der Waals surface area contributed by atoms with E-state index >= 15 is 0 Å². The first-order valence-corrected chi connectivity index (χ1v) is 11.5. The largest absolute Gasteiger partial charge is 0.417 e. The maximum Gasteiger partial charge on any atom is 0.417 e. The number of piperidine rings is 1. The SMILES string of the molecule is Cc1ccnc(-c2ccc(C)nc2C(=O)N2C[C@@H]3C[C@@H]3CC2CNc2ccc(C(F)(F)F)cn2)n1.